The summed E-state index contributed by atoms with van der Waals surface area (Å²) in [6.07, 6.45) is 4.35. The minimum atomic E-state index is 0.761. The molecule has 0 aliphatic rings. The van der Waals surface area contributed by atoms with Crippen molar-refractivity contribution in [3.63, 3.8) is 0 Å². The molecule has 0 atom stereocenters. The number of nitrogens with zero attached hydrogens (tertiary/aromatic N) is 1. The van der Waals surface area contributed by atoms with Crippen LogP contribution in [0.5, 0.6) is 0 Å². The van der Waals surface area contributed by atoms with Gasteiger partial charge in [0.05, 0.1) is 4.99 Å². The second kappa shape index (κ2) is 14.5. The smallest absolute Gasteiger partial charge is 0.0798 e. The molecular formula is C21H22N2OS4. The number of thiol groups is 1. The van der Waals surface area contributed by atoms with Crippen molar-refractivity contribution in [2.24, 2.45) is 0 Å². The zero-order valence-electron chi connectivity index (χ0n) is 15.2. The summed E-state index contributed by atoms with van der Waals surface area (Å²) in [6, 6.07) is 24.0. The Morgan fingerprint density at radius 1 is 0.929 bits per heavy atom. The molecule has 28 heavy (non-hydrogen) atoms. The lowest BCUT2D eigenvalue weighted by Gasteiger charge is -2.05. The van der Waals surface area contributed by atoms with E-state index in [0.717, 1.165) is 39.1 Å². The van der Waals surface area contributed by atoms with Gasteiger partial charge in [-0.2, -0.15) is 12.6 Å². The van der Waals surface area contributed by atoms with Crippen molar-refractivity contribution in [2.75, 3.05) is 12.3 Å². The molecule has 0 bridgehead atoms. The molecule has 2 aromatic carbocycles. The quantitative estimate of drug-likeness (QED) is 0.255. The van der Waals surface area contributed by atoms with Gasteiger partial charge in [-0.1, -0.05) is 54.7 Å². The van der Waals surface area contributed by atoms with Crippen LogP contribution >= 0.6 is 48.9 Å². The Hall–Kier alpha value is -1.51. The van der Waals surface area contributed by atoms with E-state index in [9.17, 15) is 0 Å². The summed E-state index contributed by atoms with van der Waals surface area (Å²) in [5.74, 6) is 0.799. The van der Waals surface area contributed by atoms with Crippen LogP contribution in [0, 0.1) is 0 Å². The van der Waals surface area contributed by atoms with Gasteiger partial charge in [-0.3, -0.25) is 4.98 Å². The standard InChI is InChI=1S/C12H10OS2.C9H12N2S2/c1-3-7-11(8-4-1)14-13-15-12-9-5-2-6-10-12;12-5-4-11-9(13)6-8-2-1-3-10-7-8/h1-10H;1-3,7,12H,4-6H2,(H,11,13). The first-order valence-electron chi connectivity index (χ1n) is 8.65. The largest absolute Gasteiger partial charge is 0.379 e. The molecule has 0 aliphatic heterocycles. The predicted molar refractivity (Wildman–Crippen MR) is 128 cm³/mol. The fraction of sp³-hybridized carbons (Fsp3) is 0.143. The maximum atomic E-state index is 5.44. The zero-order chi connectivity index (χ0) is 19.9. The number of aromatic nitrogens is 1. The first-order chi connectivity index (χ1) is 13.8. The molecule has 0 unspecified atom stereocenters. The van der Waals surface area contributed by atoms with Gasteiger partial charge in [0.15, 0.2) is 0 Å². The number of thiocarbonyl (C=S) groups is 1. The van der Waals surface area contributed by atoms with Crippen LogP contribution in [-0.4, -0.2) is 22.3 Å². The second-order valence-corrected chi connectivity index (χ2v) is 8.23. The van der Waals surface area contributed by atoms with Crippen molar-refractivity contribution < 1.29 is 3.63 Å². The van der Waals surface area contributed by atoms with Crippen molar-refractivity contribution in [1.82, 2.24) is 10.3 Å². The van der Waals surface area contributed by atoms with Crippen LogP contribution in [-0.2, 0) is 10.1 Å². The molecule has 3 aromatic rings. The summed E-state index contributed by atoms with van der Waals surface area (Å²) in [5.41, 5.74) is 1.14. The Balaban J connectivity index is 0.000000203. The van der Waals surface area contributed by atoms with E-state index >= 15 is 0 Å². The number of rotatable bonds is 8. The average Bonchev–Trinajstić information content (AvgIpc) is 2.75. The van der Waals surface area contributed by atoms with Crippen LogP contribution in [0.2, 0.25) is 0 Å². The van der Waals surface area contributed by atoms with Crippen LogP contribution in [0.25, 0.3) is 0 Å². The maximum absolute atomic E-state index is 5.44. The summed E-state index contributed by atoms with van der Waals surface area (Å²) in [5, 5.41) is 3.11. The van der Waals surface area contributed by atoms with Crippen LogP contribution in [0.1, 0.15) is 5.56 Å². The van der Waals surface area contributed by atoms with E-state index in [2.05, 4.69) is 22.9 Å². The minimum Gasteiger partial charge on any atom is -0.379 e. The lowest BCUT2D eigenvalue weighted by Crippen LogP contribution is -2.25. The average molecular weight is 447 g/mol. The van der Waals surface area contributed by atoms with E-state index in [-0.39, 0.29) is 0 Å². The van der Waals surface area contributed by atoms with Gasteiger partial charge >= 0.3 is 0 Å². The Morgan fingerprint density at radius 3 is 2.04 bits per heavy atom. The Bertz CT molecular complexity index is 750. The highest BCUT2D eigenvalue weighted by Crippen LogP contribution is 2.28. The van der Waals surface area contributed by atoms with E-state index in [4.69, 9.17) is 15.8 Å². The number of hydrogen-bond donors (Lipinski definition) is 2. The van der Waals surface area contributed by atoms with E-state index < -0.39 is 0 Å². The van der Waals surface area contributed by atoms with Gasteiger partial charge in [0.2, 0.25) is 0 Å². The van der Waals surface area contributed by atoms with E-state index in [1.807, 2.05) is 79.0 Å². The molecule has 0 aliphatic carbocycles. The molecule has 0 spiro atoms. The highest BCUT2D eigenvalue weighted by Gasteiger charge is 1.97. The normalized spacial score (nSPS) is 9.89. The molecule has 7 heteroatoms. The van der Waals surface area contributed by atoms with E-state index in [0.29, 0.717) is 0 Å². The first kappa shape index (κ1) is 22.8. The lowest BCUT2D eigenvalue weighted by atomic mass is 10.2. The summed E-state index contributed by atoms with van der Waals surface area (Å²) in [7, 11) is 0. The lowest BCUT2D eigenvalue weighted by molar-refractivity contribution is 0.757. The van der Waals surface area contributed by atoms with Gasteiger partial charge in [0.25, 0.3) is 0 Å². The molecule has 3 nitrogen and oxygen atoms in total. The molecule has 0 saturated heterocycles. The Morgan fingerprint density at radius 2 is 1.54 bits per heavy atom. The third-order valence-electron chi connectivity index (χ3n) is 3.27. The summed E-state index contributed by atoms with van der Waals surface area (Å²) < 4.78 is 5.44. The molecule has 0 saturated carbocycles. The monoisotopic (exact) mass is 446 g/mol. The molecule has 0 fully saturated rings. The second-order valence-electron chi connectivity index (χ2n) is 5.47. The third kappa shape index (κ3) is 10.1. The van der Waals surface area contributed by atoms with E-state index in [1.165, 1.54) is 24.1 Å². The first-order valence-corrected chi connectivity index (χ1v) is 11.2. The van der Waals surface area contributed by atoms with E-state index in [1.54, 1.807) is 6.20 Å². The van der Waals surface area contributed by atoms with Crippen molar-refractivity contribution in [2.45, 2.75) is 16.2 Å². The van der Waals surface area contributed by atoms with Gasteiger partial charge in [-0.05, 0) is 35.9 Å². The van der Waals surface area contributed by atoms with Crippen LogP contribution in [0.3, 0.4) is 0 Å². The van der Waals surface area contributed by atoms with Crippen molar-refractivity contribution in [1.29, 1.82) is 0 Å². The van der Waals surface area contributed by atoms with Gasteiger partial charge in [-0.25, -0.2) is 3.63 Å². The molecular weight excluding hydrogens is 425 g/mol. The van der Waals surface area contributed by atoms with Gasteiger partial charge in [0.1, 0.15) is 0 Å². The van der Waals surface area contributed by atoms with Crippen molar-refractivity contribution in [3.8, 4) is 0 Å². The van der Waals surface area contributed by atoms with Crippen molar-refractivity contribution in [3.05, 3.63) is 90.8 Å². The molecule has 1 aromatic heterocycles. The van der Waals surface area contributed by atoms with Gasteiger partial charge in [-0.15, -0.1) is 0 Å². The summed E-state index contributed by atoms with van der Waals surface area (Å²) in [4.78, 5) is 7.09. The summed E-state index contributed by atoms with van der Waals surface area (Å²) >= 11 is 12.0. The SMILES string of the molecule is S=C(Cc1cccnc1)NCCS.c1ccc(SOSc2ccccc2)cc1. The number of benzene rings is 2. The van der Waals surface area contributed by atoms with Crippen LogP contribution < -0.4 is 5.32 Å². The fourth-order valence-corrected chi connectivity index (χ4v) is 3.68. The highest BCUT2D eigenvalue weighted by molar-refractivity contribution is 8.07. The number of hydrogen-bond acceptors (Lipinski definition) is 6. The van der Waals surface area contributed by atoms with Crippen LogP contribution in [0.15, 0.2) is 95.0 Å². The van der Waals surface area contributed by atoms with Gasteiger partial charge < -0.3 is 5.32 Å². The molecule has 1 N–H and O–H groups in total. The topological polar surface area (TPSA) is 34.2 Å². The highest BCUT2D eigenvalue weighted by atomic mass is 32.2. The molecule has 3 rings (SSSR count). The minimum absolute atomic E-state index is 0.761. The van der Waals surface area contributed by atoms with Gasteiger partial charge in [0, 0.05) is 65.0 Å². The molecule has 0 amide bonds. The fourth-order valence-electron chi connectivity index (χ4n) is 1.99. The molecule has 146 valence electrons. The van der Waals surface area contributed by atoms with Crippen molar-refractivity contribution >= 4 is 53.9 Å². The number of pyridine rings is 1. The summed E-state index contributed by atoms with van der Waals surface area (Å²) in [6.45, 7) is 0.822. The van der Waals surface area contributed by atoms with Crippen LogP contribution in [0.4, 0.5) is 0 Å². The number of nitrogens with one attached hydrogen (secondary N) is 1. The predicted octanol–water partition coefficient (Wildman–Crippen LogP) is 5.89. The Labute approximate surface area is 186 Å². The molecule has 0 radical (unpaired) electrons. The maximum Gasteiger partial charge on any atom is 0.0798 e. The Kier molecular flexibility index (Phi) is 11.8. The third-order valence-corrected chi connectivity index (χ3v) is 5.25. The molecule has 1 heterocycles. The zero-order valence-corrected chi connectivity index (χ0v) is 18.6.